The van der Waals surface area contributed by atoms with Crippen molar-refractivity contribution in [3.05, 3.63) is 45.3 Å². The molecule has 0 radical (unpaired) electrons. The molecule has 0 fully saturated rings. The van der Waals surface area contributed by atoms with Gasteiger partial charge in [0.15, 0.2) is 16.6 Å². The molecule has 0 N–H and O–H groups in total. The van der Waals surface area contributed by atoms with E-state index in [1.54, 1.807) is 17.0 Å². The molecule has 0 aliphatic carbocycles. The number of hydrogen-bond acceptors (Lipinski definition) is 9. The Labute approximate surface area is 179 Å². The maximum atomic E-state index is 13.0. The van der Waals surface area contributed by atoms with Crippen molar-refractivity contribution in [2.45, 2.75) is 0 Å². The number of nitrogens with zero attached hydrogens (tertiary/aromatic N) is 4. The van der Waals surface area contributed by atoms with Gasteiger partial charge in [0.2, 0.25) is 6.79 Å². The lowest BCUT2D eigenvalue weighted by molar-refractivity contribution is -0.380. The van der Waals surface area contributed by atoms with Gasteiger partial charge in [0, 0.05) is 42.2 Å². The summed E-state index contributed by atoms with van der Waals surface area (Å²) in [6.07, 6.45) is 3.01. The minimum absolute atomic E-state index is 0.0372. The van der Waals surface area contributed by atoms with Gasteiger partial charge in [-0.15, -0.1) is 0 Å². The highest BCUT2D eigenvalue weighted by atomic mass is 32.1. The summed E-state index contributed by atoms with van der Waals surface area (Å²) in [5, 5.41) is 11.4. The highest BCUT2D eigenvalue weighted by Gasteiger charge is 2.21. The topological polar surface area (TPSA) is 98.0 Å². The normalized spacial score (nSPS) is 12.9. The van der Waals surface area contributed by atoms with Crippen LogP contribution in [0, 0.1) is 10.1 Å². The maximum absolute atomic E-state index is 13.0. The number of aromatic nitrogens is 1. The van der Waals surface area contributed by atoms with Gasteiger partial charge in [0.1, 0.15) is 0 Å². The molecule has 1 aromatic carbocycles. The standard InChI is InChI=1S/C19H18N4O5S2/c1-21(2)7-8-22(17(24)5-3-12-4-6-18(29-12)23(25)26)19-20-13-9-14-15(28-11-27-14)10-16(13)30-19/h3-6,9-10H,7-8,11H2,1-2H3/b5-3+. The zero-order valence-corrected chi connectivity index (χ0v) is 17.9. The van der Waals surface area contributed by atoms with Gasteiger partial charge < -0.3 is 14.4 Å². The number of thiophene rings is 1. The predicted molar refractivity (Wildman–Crippen MR) is 117 cm³/mol. The van der Waals surface area contributed by atoms with Crippen molar-refractivity contribution in [3.8, 4) is 11.5 Å². The molecule has 1 aliphatic rings. The van der Waals surface area contributed by atoms with Gasteiger partial charge in [-0.1, -0.05) is 22.7 Å². The Morgan fingerprint density at radius 3 is 2.70 bits per heavy atom. The Kier molecular flexibility index (Phi) is 5.66. The monoisotopic (exact) mass is 446 g/mol. The van der Waals surface area contributed by atoms with Crippen LogP contribution in [0.4, 0.5) is 10.1 Å². The SMILES string of the molecule is CN(C)CCN(C(=O)/C=C/c1ccc([N+](=O)[O-])s1)c1nc2cc3c(cc2s1)OCO3. The smallest absolute Gasteiger partial charge is 0.324 e. The summed E-state index contributed by atoms with van der Waals surface area (Å²) in [6, 6.07) is 6.73. The van der Waals surface area contributed by atoms with Crippen LogP contribution in [0.2, 0.25) is 0 Å². The van der Waals surface area contributed by atoms with Crippen molar-refractivity contribution in [1.82, 2.24) is 9.88 Å². The van der Waals surface area contributed by atoms with Crippen LogP contribution in [0.25, 0.3) is 16.3 Å². The van der Waals surface area contributed by atoms with Gasteiger partial charge >= 0.3 is 5.00 Å². The van der Waals surface area contributed by atoms with Crippen LogP contribution in [0.1, 0.15) is 4.88 Å². The molecule has 0 atom stereocenters. The van der Waals surface area contributed by atoms with E-state index in [9.17, 15) is 14.9 Å². The number of nitro groups is 1. The van der Waals surface area contributed by atoms with E-state index in [4.69, 9.17) is 9.47 Å². The van der Waals surface area contributed by atoms with Crippen LogP contribution in [0.3, 0.4) is 0 Å². The van der Waals surface area contributed by atoms with E-state index in [2.05, 4.69) is 4.98 Å². The van der Waals surface area contributed by atoms with E-state index < -0.39 is 4.92 Å². The van der Waals surface area contributed by atoms with Crippen LogP contribution in [-0.4, -0.2) is 54.7 Å². The lowest BCUT2D eigenvalue weighted by atomic mass is 10.3. The Morgan fingerprint density at radius 1 is 1.23 bits per heavy atom. The number of ether oxygens (including phenoxy) is 2. The predicted octanol–water partition coefficient (Wildman–Crippen LogP) is 3.60. The maximum Gasteiger partial charge on any atom is 0.324 e. The third kappa shape index (κ3) is 4.27. The van der Waals surface area contributed by atoms with Crippen molar-refractivity contribution in [3.63, 3.8) is 0 Å². The second-order valence-corrected chi connectivity index (χ2v) is 8.83. The zero-order valence-electron chi connectivity index (χ0n) is 16.2. The second-order valence-electron chi connectivity index (χ2n) is 6.73. The van der Waals surface area contributed by atoms with E-state index in [0.29, 0.717) is 34.6 Å². The number of anilines is 1. The fourth-order valence-corrected chi connectivity index (χ4v) is 4.53. The molecule has 0 bridgehead atoms. The molecule has 30 heavy (non-hydrogen) atoms. The van der Waals surface area contributed by atoms with E-state index in [1.165, 1.54) is 23.5 Å². The number of thiazole rings is 1. The molecule has 3 aromatic rings. The van der Waals surface area contributed by atoms with E-state index in [1.807, 2.05) is 31.1 Å². The zero-order chi connectivity index (χ0) is 21.3. The molecule has 1 amide bonds. The molecule has 2 aromatic heterocycles. The van der Waals surface area contributed by atoms with Crippen LogP contribution in [0.5, 0.6) is 11.5 Å². The summed E-state index contributed by atoms with van der Waals surface area (Å²) < 4.78 is 11.7. The number of benzene rings is 1. The number of likely N-dealkylation sites (N-methyl/N-ethyl adjacent to an activating group) is 1. The van der Waals surface area contributed by atoms with Crippen LogP contribution in [0.15, 0.2) is 30.3 Å². The first-order valence-corrected chi connectivity index (χ1v) is 10.6. The number of carbonyl (C=O) groups is 1. The third-order valence-electron chi connectivity index (χ3n) is 4.32. The molecule has 0 unspecified atom stereocenters. The van der Waals surface area contributed by atoms with Crippen molar-refractivity contribution in [1.29, 1.82) is 0 Å². The lowest BCUT2D eigenvalue weighted by Gasteiger charge is -2.20. The van der Waals surface area contributed by atoms with Gasteiger partial charge in [-0.2, -0.15) is 0 Å². The fraction of sp³-hybridized carbons (Fsp3) is 0.263. The quantitative estimate of drug-likeness (QED) is 0.311. The number of hydrogen-bond donors (Lipinski definition) is 0. The minimum atomic E-state index is -0.445. The van der Waals surface area contributed by atoms with Gasteiger partial charge in [-0.25, -0.2) is 4.98 Å². The van der Waals surface area contributed by atoms with E-state index >= 15 is 0 Å². The Hall–Kier alpha value is -3.02. The van der Waals surface area contributed by atoms with E-state index in [0.717, 1.165) is 21.6 Å². The van der Waals surface area contributed by atoms with Crippen LogP contribution >= 0.6 is 22.7 Å². The molecule has 156 valence electrons. The molecular formula is C19H18N4O5S2. The molecule has 3 heterocycles. The first-order valence-electron chi connectivity index (χ1n) is 8.99. The van der Waals surface area contributed by atoms with E-state index in [-0.39, 0.29) is 17.7 Å². The van der Waals surface area contributed by atoms with Crippen LogP contribution in [-0.2, 0) is 4.79 Å². The first kappa shape index (κ1) is 20.3. The Balaban J connectivity index is 1.60. The van der Waals surface area contributed by atoms with Crippen molar-refractivity contribution in [2.75, 3.05) is 38.9 Å². The molecule has 4 rings (SSSR count). The van der Waals surface area contributed by atoms with Gasteiger partial charge in [0.05, 0.1) is 15.1 Å². The molecule has 0 saturated carbocycles. The summed E-state index contributed by atoms with van der Waals surface area (Å²) >= 11 is 2.42. The second kappa shape index (κ2) is 8.38. The summed E-state index contributed by atoms with van der Waals surface area (Å²) in [5.41, 5.74) is 0.736. The average molecular weight is 447 g/mol. The first-order chi connectivity index (χ1) is 14.4. The molecule has 11 heteroatoms. The minimum Gasteiger partial charge on any atom is -0.454 e. The highest BCUT2D eigenvalue weighted by Crippen LogP contribution is 2.39. The molecular weight excluding hydrogens is 428 g/mol. The van der Waals surface area contributed by atoms with Crippen molar-refractivity contribution in [2.24, 2.45) is 0 Å². The molecule has 9 nitrogen and oxygen atoms in total. The van der Waals surface area contributed by atoms with Crippen molar-refractivity contribution < 1.29 is 19.2 Å². The summed E-state index contributed by atoms with van der Waals surface area (Å²) in [5.74, 6) is 1.07. The Bertz CT molecular complexity index is 1100. The lowest BCUT2D eigenvalue weighted by Crippen LogP contribution is -2.35. The van der Waals surface area contributed by atoms with Crippen LogP contribution < -0.4 is 14.4 Å². The molecule has 0 saturated heterocycles. The molecule has 1 aliphatic heterocycles. The summed E-state index contributed by atoms with van der Waals surface area (Å²) in [4.78, 5) is 32.2. The van der Waals surface area contributed by atoms with Crippen molar-refractivity contribution >= 4 is 55.0 Å². The number of carbonyl (C=O) groups excluding carboxylic acids is 1. The van der Waals surface area contributed by atoms with Gasteiger partial charge in [-0.3, -0.25) is 19.8 Å². The number of fused-ring (bicyclic) bond motifs is 2. The van der Waals surface area contributed by atoms with Gasteiger partial charge in [-0.05, 0) is 26.2 Å². The number of amides is 1. The summed E-state index contributed by atoms with van der Waals surface area (Å²) in [7, 11) is 3.86. The number of rotatable bonds is 7. The van der Waals surface area contributed by atoms with Gasteiger partial charge in [0.25, 0.3) is 5.91 Å². The third-order valence-corrected chi connectivity index (χ3v) is 6.37. The average Bonchev–Trinajstić information content (AvgIpc) is 3.42. The molecule has 0 spiro atoms. The highest BCUT2D eigenvalue weighted by molar-refractivity contribution is 7.22. The summed E-state index contributed by atoms with van der Waals surface area (Å²) in [6.45, 7) is 1.30. The largest absolute Gasteiger partial charge is 0.454 e. The Morgan fingerprint density at radius 2 is 2.00 bits per heavy atom. The fourth-order valence-electron chi connectivity index (χ4n) is 2.79.